The molecule has 0 unspecified atom stereocenters. The number of aromatic nitrogens is 2. The van der Waals surface area contributed by atoms with Crippen LogP contribution in [0.3, 0.4) is 0 Å². The van der Waals surface area contributed by atoms with Crippen molar-refractivity contribution in [1.82, 2.24) is 14.9 Å². The molecule has 1 N–H and O–H groups in total. The van der Waals surface area contributed by atoms with Crippen LogP contribution in [-0.4, -0.2) is 41.1 Å². The summed E-state index contributed by atoms with van der Waals surface area (Å²) in [5, 5.41) is 2.93. The maximum Gasteiger partial charge on any atom is 0.265 e. The largest absolute Gasteiger partial charge is 0.482 e. The van der Waals surface area contributed by atoms with E-state index in [9.17, 15) is 9.59 Å². The van der Waals surface area contributed by atoms with Crippen LogP contribution in [0.15, 0.2) is 48.5 Å². The summed E-state index contributed by atoms with van der Waals surface area (Å²) in [6.07, 6.45) is 0.240. The second kappa shape index (κ2) is 7.72. The zero-order valence-corrected chi connectivity index (χ0v) is 15.7. The Morgan fingerprint density at radius 2 is 1.93 bits per heavy atom. The van der Waals surface area contributed by atoms with Gasteiger partial charge in [-0.3, -0.25) is 9.59 Å². The van der Waals surface area contributed by atoms with Crippen molar-refractivity contribution in [1.29, 1.82) is 0 Å². The van der Waals surface area contributed by atoms with Gasteiger partial charge >= 0.3 is 0 Å². The number of benzene rings is 2. The summed E-state index contributed by atoms with van der Waals surface area (Å²) in [4.78, 5) is 30.6. The van der Waals surface area contributed by atoms with Crippen molar-refractivity contribution >= 4 is 28.5 Å². The molecule has 0 radical (unpaired) electrons. The van der Waals surface area contributed by atoms with E-state index in [1.807, 2.05) is 55.5 Å². The lowest BCUT2D eigenvalue weighted by molar-refractivity contribution is -0.122. The molecule has 0 saturated heterocycles. The van der Waals surface area contributed by atoms with Crippen LogP contribution < -0.4 is 15.0 Å². The number of rotatable bonds is 6. The molecule has 0 atom stereocenters. The lowest BCUT2D eigenvalue weighted by atomic mass is 10.2. The van der Waals surface area contributed by atoms with Gasteiger partial charge in [0, 0.05) is 26.1 Å². The van der Waals surface area contributed by atoms with Gasteiger partial charge in [-0.1, -0.05) is 24.3 Å². The van der Waals surface area contributed by atoms with Gasteiger partial charge < -0.3 is 19.5 Å². The first-order valence-corrected chi connectivity index (χ1v) is 9.34. The van der Waals surface area contributed by atoms with Crippen LogP contribution in [0.25, 0.3) is 11.0 Å². The fraction of sp³-hybridized carbons (Fsp3) is 0.286. The molecular weight excluding hydrogens is 356 g/mol. The average Bonchev–Trinajstić information content (AvgIpc) is 3.02. The van der Waals surface area contributed by atoms with Gasteiger partial charge in [-0.05, 0) is 31.2 Å². The Bertz CT molecular complexity index is 1030. The molecular formula is C21H22N4O3. The van der Waals surface area contributed by atoms with Gasteiger partial charge in [-0.25, -0.2) is 4.98 Å². The molecule has 2 aromatic carbocycles. The van der Waals surface area contributed by atoms with Crippen molar-refractivity contribution in [3.63, 3.8) is 0 Å². The summed E-state index contributed by atoms with van der Waals surface area (Å²) in [6.45, 7) is 3.46. The van der Waals surface area contributed by atoms with Crippen LogP contribution >= 0.6 is 0 Å². The molecule has 1 aliphatic heterocycles. The average molecular weight is 378 g/mol. The van der Waals surface area contributed by atoms with Gasteiger partial charge in [-0.15, -0.1) is 0 Å². The van der Waals surface area contributed by atoms with Crippen LogP contribution in [0.5, 0.6) is 5.75 Å². The molecule has 0 fully saturated rings. The molecule has 7 nitrogen and oxygen atoms in total. The maximum absolute atomic E-state index is 12.3. The second-order valence-electron chi connectivity index (χ2n) is 6.70. The molecule has 0 bridgehead atoms. The number of amides is 2. The molecule has 7 heteroatoms. The summed E-state index contributed by atoms with van der Waals surface area (Å²) in [6, 6.07) is 15.3. The Labute approximate surface area is 162 Å². The minimum atomic E-state index is -0.132. The zero-order chi connectivity index (χ0) is 19.5. The monoisotopic (exact) mass is 378 g/mol. The normalized spacial score (nSPS) is 13.3. The number of nitrogens with zero attached hydrogens (tertiary/aromatic N) is 3. The quantitative estimate of drug-likeness (QED) is 0.714. The van der Waals surface area contributed by atoms with Crippen LogP contribution in [-0.2, 0) is 16.1 Å². The van der Waals surface area contributed by atoms with Crippen LogP contribution in [0.2, 0.25) is 0 Å². The smallest absolute Gasteiger partial charge is 0.265 e. The van der Waals surface area contributed by atoms with Crippen molar-refractivity contribution in [3.05, 3.63) is 54.4 Å². The summed E-state index contributed by atoms with van der Waals surface area (Å²) in [5.74, 6) is 1.38. The van der Waals surface area contributed by atoms with E-state index in [-0.39, 0.29) is 24.8 Å². The van der Waals surface area contributed by atoms with E-state index in [4.69, 9.17) is 4.74 Å². The molecule has 2 amide bonds. The third-order valence-corrected chi connectivity index (χ3v) is 4.87. The van der Waals surface area contributed by atoms with E-state index in [1.165, 1.54) is 0 Å². The summed E-state index contributed by atoms with van der Waals surface area (Å²) < 4.78 is 7.52. The molecule has 1 aliphatic rings. The second-order valence-corrected chi connectivity index (χ2v) is 6.70. The van der Waals surface area contributed by atoms with Crippen LogP contribution in [0, 0.1) is 6.92 Å². The van der Waals surface area contributed by atoms with E-state index < -0.39 is 0 Å². The number of nitrogens with one attached hydrogen (secondary N) is 1. The first-order chi connectivity index (χ1) is 13.6. The van der Waals surface area contributed by atoms with E-state index in [1.54, 1.807) is 4.90 Å². The molecule has 1 aromatic heterocycles. The number of carbonyl (C=O) groups excluding carboxylic acids is 2. The van der Waals surface area contributed by atoms with E-state index >= 15 is 0 Å². The predicted molar refractivity (Wildman–Crippen MR) is 106 cm³/mol. The number of anilines is 1. The minimum absolute atomic E-state index is 0.00557. The summed E-state index contributed by atoms with van der Waals surface area (Å²) >= 11 is 0. The molecule has 4 rings (SSSR count). The van der Waals surface area contributed by atoms with Crippen LogP contribution in [0.4, 0.5) is 5.69 Å². The third-order valence-electron chi connectivity index (χ3n) is 4.87. The van der Waals surface area contributed by atoms with E-state index in [0.717, 1.165) is 16.9 Å². The van der Waals surface area contributed by atoms with Gasteiger partial charge in [-0.2, -0.15) is 0 Å². The number of carbonyl (C=O) groups is 2. The Balaban J connectivity index is 1.32. The molecule has 28 heavy (non-hydrogen) atoms. The number of hydrogen-bond acceptors (Lipinski definition) is 4. The van der Waals surface area contributed by atoms with Crippen molar-refractivity contribution in [3.8, 4) is 5.75 Å². The number of imidazole rings is 1. The highest BCUT2D eigenvalue weighted by Gasteiger charge is 2.25. The fourth-order valence-electron chi connectivity index (χ4n) is 3.49. The van der Waals surface area contributed by atoms with Crippen molar-refractivity contribution in [2.75, 3.05) is 24.6 Å². The Kier molecular flexibility index (Phi) is 4.97. The topological polar surface area (TPSA) is 76.5 Å². The lowest BCUT2D eigenvalue weighted by Gasteiger charge is -2.29. The number of aryl methyl sites for hydroxylation is 1. The highest BCUT2D eigenvalue weighted by molar-refractivity contribution is 5.98. The summed E-state index contributed by atoms with van der Waals surface area (Å²) in [5.41, 5.74) is 2.73. The highest BCUT2D eigenvalue weighted by Crippen LogP contribution is 2.31. The summed E-state index contributed by atoms with van der Waals surface area (Å²) in [7, 11) is 0. The van der Waals surface area contributed by atoms with Gasteiger partial charge in [0.2, 0.25) is 5.91 Å². The van der Waals surface area contributed by atoms with E-state index in [0.29, 0.717) is 31.1 Å². The van der Waals surface area contributed by atoms with Crippen molar-refractivity contribution in [2.24, 2.45) is 0 Å². The predicted octanol–water partition coefficient (Wildman–Crippen LogP) is 2.28. The molecule has 0 spiro atoms. The first kappa shape index (κ1) is 18.0. The zero-order valence-electron chi connectivity index (χ0n) is 15.7. The fourth-order valence-corrected chi connectivity index (χ4v) is 3.49. The third kappa shape index (κ3) is 3.55. The van der Waals surface area contributed by atoms with Gasteiger partial charge in [0.15, 0.2) is 6.61 Å². The Hall–Kier alpha value is -3.35. The van der Waals surface area contributed by atoms with E-state index in [2.05, 4.69) is 14.9 Å². The standard InChI is InChI=1S/C21H22N4O3/c1-15-23-16-6-2-3-7-17(16)24(15)13-11-22-20(26)10-12-25-18-8-4-5-9-19(18)28-14-21(25)27/h2-9H,10-14H2,1H3,(H,22,26). The Morgan fingerprint density at radius 1 is 1.14 bits per heavy atom. The SMILES string of the molecule is Cc1nc2ccccc2n1CCNC(=O)CCN1C(=O)COc2ccccc21. The molecule has 2 heterocycles. The number of hydrogen-bond donors (Lipinski definition) is 1. The molecule has 0 aliphatic carbocycles. The maximum atomic E-state index is 12.3. The van der Waals surface area contributed by atoms with Gasteiger partial charge in [0.25, 0.3) is 5.91 Å². The van der Waals surface area contributed by atoms with Crippen molar-refractivity contribution < 1.29 is 14.3 Å². The first-order valence-electron chi connectivity index (χ1n) is 9.34. The highest BCUT2D eigenvalue weighted by atomic mass is 16.5. The van der Waals surface area contributed by atoms with Gasteiger partial charge in [0.1, 0.15) is 11.6 Å². The number of ether oxygens (including phenoxy) is 1. The van der Waals surface area contributed by atoms with Crippen molar-refractivity contribution in [2.45, 2.75) is 19.9 Å². The number of para-hydroxylation sites is 4. The van der Waals surface area contributed by atoms with Crippen LogP contribution in [0.1, 0.15) is 12.2 Å². The molecule has 144 valence electrons. The minimum Gasteiger partial charge on any atom is -0.482 e. The van der Waals surface area contributed by atoms with Gasteiger partial charge in [0.05, 0.1) is 16.7 Å². The molecule has 0 saturated carbocycles. The Morgan fingerprint density at radius 3 is 2.82 bits per heavy atom. The molecule has 3 aromatic rings. The lowest BCUT2D eigenvalue weighted by Crippen LogP contribution is -2.41. The number of fused-ring (bicyclic) bond motifs is 2.